The van der Waals surface area contributed by atoms with Gasteiger partial charge in [0.2, 0.25) is 0 Å². The zero-order valence-corrected chi connectivity index (χ0v) is 12.0. The average molecular weight is 255 g/mol. The summed E-state index contributed by atoms with van der Waals surface area (Å²) >= 11 is 0. The zero-order valence-electron chi connectivity index (χ0n) is 12.0. The fourth-order valence-electron chi connectivity index (χ4n) is 3.94. The van der Waals surface area contributed by atoms with Crippen LogP contribution in [0.1, 0.15) is 51.9 Å². The molecule has 0 heterocycles. The largest absolute Gasteiger partial charge is 0.387 e. The molecule has 3 nitrogen and oxygen atoms in total. The Balaban J connectivity index is 2.14. The molecular formula is C15H29NO2. The van der Waals surface area contributed by atoms with Gasteiger partial charge < -0.3 is 15.6 Å². The highest BCUT2D eigenvalue weighted by Gasteiger charge is 2.57. The van der Waals surface area contributed by atoms with Gasteiger partial charge in [0.05, 0.1) is 12.2 Å². The van der Waals surface area contributed by atoms with Crippen LogP contribution in [0.15, 0.2) is 0 Å². The molecule has 1 unspecified atom stereocenters. The van der Waals surface area contributed by atoms with Gasteiger partial charge in [0, 0.05) is 19.1 Å². The van der Waals surface area contributed by atoms with E-state index < -0.39 is 5.60 Å². The zero-order chi connectivity index (χ0) is 13.2. The Labute approximate surface area is 111 Å². The smallest absolute Gasteiger partial charge is 0.0975 e. The van der Waals surface area contributed by atoms with Crippen LogP contribution in [-0.4, -0.2) is 31.0 Å². The second kappa shape index (κ2) is 5.48. The predicted molar refractivity (Wildman–Crippen MR) is 73.3 cm³/mol. The Bertz CT molecular complexity index is 270. The van der Waals surface area contributed by atoms with Crippen LogP contribution in [0, 0.1) is 17.3 Å². The van der Waals surface area contributed by atoms with E-state index in [1.165, 1.54) is 19.3 Å². The van der Waals surface area contributed by atoms with E-state index in [4.69, 9.17) is 10.5 Å². The standard InChI is InChI=1S/C15H29NO2/c1-3-12-6-8-14(10-16,9-7-12)15(17,11-18-2)13-4-5-13/h12-13,17H,3-11,16H2,1-2H3. The maximum absolute atomic E-state index is 11.2. The molecule has 3 N–H and O–H groups in total. The molecule has 0 aromatic carbocycles. The van der Waals surface area contributed by atoms with Gasteiger partial charge in [-0.3, -0.25) is 0 Å². The van der Waals surface area contributed by atoms with Crippen molar-refractivity contribution in [2.75, 3.05) is 20.3 Å². The third-order valence-electron chi connectivity index (χ3n) is 5.57. The summed E-state index contributed by atoms with van der Waals surface area (Å²) in [5.74, 6) is 1.25. The van der Waals surface area contributed by atoms with E-state index in [2.05, 4.69) is 6.92 Å². The molecular weight excluding hydrogens is 226 g/mol. The SMILES string of the molecule is CCC1CCC(CN)(C(O)(COC)C2CC2)CC1. The van der Waals surface area contributed by atoms with Crippen LogP contribution < -0.4 is 5.73 Å². The fourth-order valence-corrected chi connectivity index (χ4v) is 3.94. The molecule has 0 saturated heterocycles. The van der Waals surface area contributed by atoms with E-state index in [-0.39, 0.29) is 5.41 Å². The molecule has 0 radical (unpaired) electrons. The minimum Gasteiger partial charge on any atom is -0.387 e. The van der Waals surface area contributed by atoms with Crippen molar-refractivity contribution in [1.82, 2.24) is 0 Å². The van der Waals surface area contributed by atoms with Crippen molar-refractivity contribution < 1.29 is 9.84 Å². The van der Waals surface area contributed by atoms with E-state index in [1.807, 2.05) is 0 Å². The lowest BCUT2D eigenvalue weighted by molar-refractivity contribution is -0.154. The Morgan fingerprint density at radius 1 is 1.28 bits per heavy atom. The van der Waals surface area contributed by atoms with Gasteiger partial charge in [-0.2, -0.15) is 0 Å². The number of methoxy groups -OCH3 is 1. The van der Waals surface area contributed by atoms with Gasteiger partial charge in [-0.15, -0.1) is 0 Å². The van der Waals surface area contributed by atoms with E-state index in [9.17, 15) is 5.11 Å². The maximum atomic E-state index is 11.2. The summed E-state index contributed by atoms with van der Waals surface area (Å²) in [5.41, 5.74) is 5.30. The van der Waals surface area contributed by atoms with Gasteiger partial charge in [-0.1, -0.05) is 13.3 Å². The lowest BCUT2D eigenvalue weighted by Crippen LogP contribution is -2.58. The minimum absolute atomic E-state index is 0.101. The van der Waals surface area contributed by atoms with Gasteiger partial charge in [-0.25, -0.2) is 0 Å². The molecule has 0 aliphatic heterocycles. The Morgan fingerprint density at radius 3 is 2.28 bits per heavy atom. The van der Waals surface area contributed by atoms with Gasteiger partial charge in [-0.05, 0) is 50.4 Å². The summed E-state index contributed by atoms with van der Waals surface area (Å²) in [7, 11) is 1.69. The van der Waals surface area contributed by atoms with E-state index in [0.717, 1.165) is 31.6 Å². The predicted octanol–water partition coefficient (Wildman–Crippen LogP) is 2.32. The average Bonchev–Trinajstić information content (AvgIpc) is 3.23. The molecule has 0 bridgehead atoms. The molecule has 106 valence electrons. The summed E-state index contributed by atoms with van der Waals surface area (Å²) < 4.78 is 5.34. The first-order chi connectivity index (χ1) is 8.62. The lowest BCUT2D eigenvalue weighted by Gasteiger charge is -2.50. The molecule has 2 rings (SSSR count). The second-order valence-corrected chi connectivity index (χ2v) is 6.47. The van der Waals surface area contributed by atoms with Gasteiger partial charge >= 0.3 is 0 Å². The van der Waals surface area contributed by atoms with Gasteiger partial charge in [0.25, 0.3) is 0 Å². The van der Waals surface area contributed by atoms with Crippen molar-refractivity contribution in [2.45, 2.75) is 57.5 Å². The van der Waals surface area contributed by atoms with Crippen molar-refractivity contribution in [3.63, 3.8) is 0 Å². The molecule has 0 aromatic rings. The molecule has 2 aliphatic rings. The first kappa shape index (κ1) is 14.3. The number of ether oxygens (including phenoxy) is 1. The Hall–Kier alpha value is -0.120. The molecule has 3 heteroatoms. The highest BCUT2D eigenvalue weighted by atomic mass is 16.5. The Kier molecular flexibility index (Phi) is 4.35. The van der Waals surface area contributed by atoms with Crippen LogP contribution >= 0.6 is 0 Å². The quantitative estimate of drug-likeness (QED) is 0.766. The van der Waals surface area contributed by atoms with E-state index in [0.29, 0.717) is 19.1 Å². The van der Waals surface area contributed by atoms with Crippen LogP contribution in [0.5, 0.6) is 0 Å². The normalized spacial score (nSPS) is 36.3. The van der Waals surface area contributed by atoms with Crippen LogP contribution in [0.4, 0.5) is 0 Å². The summed E-state index contributed by atoms with van der Waals surface area (Å²) in [4.78, 5) is 0. The highest BCUT2D eigenvalue weighted by molar-refractivity contribution is 5.09. The second-order valence-electron chi connectivity index (χ2n) is 6.47. The molecule has 0 aromatic heterocycles. The molecule has 0 spiro atoms. The van der Waals surface area contributed by atoms with Crippen molar-refractivity contribution in [3.05, 3.63) is 0 Å². The van der Waals surface area contributed by atoms with Crippen molar-refractivity contribution in [1.29, 1.82) is 0 Å². The number of hydrogen-bond donors (Lipinski definition) is 2. The minimum atomic E-state index is -0.685. The summed E-state index contributed by atoms with van der Waals surface area (Å²) in [6.07, 6.45) is 8.10. The van der Waals surface area contributed by atoms with Gasteiger partial charge in [0.15, 0.2) is 0 Å². The van der Waals surface area contributed by atoms with Crippen LogP contribution in [0.3, 0.4) is 0 Å². The van der Waals surface area contributed by atoms with Crippen molar-refractivity contribution in [2.24, 2.45) is 23.0 Å². The highest BCUT2D eigenvalue weighted by Crippen LogP contribution is 2.55. The molecule has 18 heavy (non-hydrogen) atoms. The molecule has 1 atom stereocenters. The van der Waals surface area contributed by atoms with Crippen LogP contribution in [0.2, 0.25) is 0 Å². The number of rotatable bonds is 6. The topological polar surface area (TPSA) is 55.5 Å². The van der Waals surface area contributed by atoms with E-state index in [1.54, 1.807) is 7.11 Å². The van der Waals surface area contributed by atoms with Crippen LogP contribution in [0.25, 0.3) is 0 Å². The fraction of sp³-hybridized carbons (Fsp3) is 1.00. The summed E-state index contributed by atoms with van der Waals surface area (Å²) in [6.45, 7) is 3.31. The van der Waals surface area contributed by atoms with Gasteiger partial charge in [0.1, 0.15) is 0 Å². The van der Waals surface area contributed by atoms with Crippen molar-refractivity contribution in [3.8, 4) is 0 Å². The lowest BCUT2D eigenvalue weighted by atomic mass is 9.59. The number of hydrogen-bond acceptors (Lipinski definition) is 3. The third kappa shape index (κ3) is 2.33. The van der Waals surface area contributed by atoms with Crippen LogP contribution in [-0.2, 0) is 4.74 Å². The molecule has 2 saturated carbocycles. The monoisotopic (exact) mass is 255 g/mol. The molecule has 0 amide bonds. The third-order valence-corrected chi connectivity index (χ3v) is 5.57. The first-order valence-electron chi connectivity index (χ1n) is 7.53. The van der Waals surface area contributed by atoms with E-state index >= 15 is 0 Å². The number of nitrogens with two attached hydrogens (primary N) is 1. The van der Waals surface area contributed by atoms with Crippen molar-refractivity contribution >= 4 is 0 Å². The maximum Gasteiger partial charge on any atom is 0.0975 e. The summed E-state index contributed by atoms with van der Waals surface area (Å²) in [5, 5.41) is 11.2. The Morgan fingerprint density at radius 2 is 1.89 bits per heavy atom. The molecule has 2 aliphatic carbocycles. The first-order valence-corrected chi connectivity index (χ1v) is 7.53. The molecule has 2 fully saturated rings. The number of aliphatic hydroxyl groups is 1. The summed E-state index contributed by atoms with van der Waals surface area (Å²) in [6, 6.07) is 0.